The van der Waals surface area contributed by atoms with Gasteiger partial charge in [0.2, 0.25) is 0 Å². The summed E-state index contributed by atoms with van der Waals surface area (Å²) in [4.78, 5) is 0.722. The lowest BCUT2D eigenvalue weighted by atomic mass is 10.0. The van der Waals surface area contributed by atoms with Crippen LogP contribution in [0.25, 0.3) is 11.1 Å². The lowest BCUT2D eigenvalue weighted by Gasteiger charge is -2.08. The zero-order chi connectivity index (χ0) is 11.7. The van der Waals surface area contributed by atoms with Crippen molar-refractivity contribution >= 4 is 24.0 Å². The predicted molar refractivity (Wildman–Crippen MR) is 69.6 cm³/mol. The van der Waals surface area contributed by atoms with Crippen molar-refractivity contribution in [2.75, 3.05) is 11.5 Å². The summed E-state index contributed by atoms with van der Waals surface area (Å²) in [5.74, 6) is 0.139. The maximum absolute atomic E-state index is 9.79. The highest BCUT2D eigenvalue weighted by Crippen LogP contribution is 2.35. The summed E-state index contributed by atoms with van der Waals surface area (Å²) >= 11 is 4.33. The molecule has 2 aromatic carbocycles. The summed E-state index contributed by atoms with van der Waals surface area (Å²) in [6.07, 6.45) is 0. The van der Waals surface area contributed by atoms with Crippen molar-refractivity contribution < 1.29 is 5.11 Å². The van der Waals surface area contributed by atoms with Gasteiger partial charge in [-0.25, -0.2) is 0 Å². The number of benzene rings is 2. The maximum Gasteiger partial charge on any atom is 0.125 e. The van der Waals surface area contributed by atoms with Gasteiger partial charge in [-0.1, -0.05) is 6.07 Å². The van der Waals surface area contributed by atoms with E-state index in [-0.39, 0.29) is 5.75 Å². The van der Waals surface area contributed by atoms with Gasteiger partial charge in [0.05, 0.1) is 0 Å². The molecule has 2 aromatic rings. The summed E-state index contributed by atoms with van der Waals surface area (Å²) in [5, 5.41) is 9.79. The van der Waals surface area contributed by atoms with Crippen LogP contribution in [0.4, 0.5) is 11.4 Å². The standard InChI is InChI=1S/C12H12N2OS/c13-7-1-3-9(11(15)5-7)10-4-2-8(14)6-12(10)16/h1-6,15-16H,13-14H2. The molecule has 0 saturated heterocycles. The number of nitrogen functional groups attached to an aromatic ring is 2. The molecule has 0 unspecified atom stereocenters. The Balaban J connectivity index is 2.59. The van der Waals surface area contributed by atoms with Crippen LogP contribution >= 0.6 is 12.6 Å². The van der Waals surface area contributed by atoms with Crippen molar-refractivity contribution in [1.82, 2.24) is 0 Å². The van der Waals surface area contributed by atoms with Crippen LogP contribution < -0.4 is 11.5 Å². The first kappa shape index (κ1) is 10.7. The number of hydrogen-bond acceptors (Lipinski definition) is 4. The molecule has 0 atom stereocenters. The first-order valence-corrected chi connectivity index (χ1v) is 5.20. The van der Waals surface area contributed by atoms with E-state index in [1.807, 2.05) is 6.07 Å². The monoisotopic (exact) mass is 232 g/mol. The molecule has 0 bridgehead atoms. The summed E-state index contributed by atoms with van der Waals surface area (Å²) < 4.78 is 0. The molecule has 4 heteroatoms. The Morgan fingerprint density at radius 1 is 0.875 bits per heavy atom. The fraction of sp³-hybridized carbons (Fsp3) is 0. The molecule has 0 fully saturated rings. The van der Waals surface area contributed by atoms with Gasteiger partial charge >= 0.3 is 0 Å². The van der Waals surface area contributed by atoms with Crippen LogP contribution in [0.15, 0.2) is 41.3 Å². The van der Waals surface area contributed by atoms with Crippen LogP contribution in [0, 0.1) is 0 Å². The third-order valence-corrected chi connectivity index (χ3v) is 2.70. The SMILES string of the molecule is Nc1ccc(-c2ccc(N)cc2S)c(O)c1. The second kappa shape index (κ2) is 3.98. The lowest BCUT2D eigenvalue weighted by Crippen LogP contribution is -1.89. The van der Waals surface area contributed by atoms with Crippen LogP contribution in [0.2, 0.25) is 0 Å². The average Bonchev–Trinajstić information content (AvgIpc) is 2.19. The minimum atomic E-state index is 0.139. The lowest BCUT2D eigenvalue weighted by molar-refractivity contribution is 0.477. The second-order valence-corrected chi connectivity index (χ2v) is 4.03. The maximum atomic E-state index is 9.79. The Kier molecular flexibility index (Phi) is 2.66. The number of aromatic hydroxyl groups is 1. The highest BCUT2D eigenvalue weighted by molar-refractivity contribution is 7.80. The quantitative estimate of drug-likeness (QED) is 0.451. The van der Waals surface area contributed by atoms with Crippen LogP contribution in [-0.2, 0) is 0 Å². The Morgan fingerprint density at radius 2 is 1.44 bits per heavy atom. The zero-order valence-corrected chi connectivity index (χ0v) is 9.41. The molecule has 3 nitrogen and oxygen atoms in total. The van der Waals surface area contributed by atoms with Gasteiger partial charge in [0, 0.05) is 27.9 Å². The van der Waals surface area contributed by atoms with Crippen LogP contribution in [-0.4, -0.2) is 5.11 Å². The molecule has 0 radical (unpaired) electrons. The van der Waals surface area contributed by atoms with Crippen molar-refractivity contribution in [2.45, 2.75) is 4.90 Å². The van der Waals surface area contributed by atoms with Crippen LogP contribution in [0.5, 0.6) is 5.75 Å². The number of hydrogen-bond donors (Lipinski definition) is 4. The van der Waals surface area contributed by atoms with Gasteiger partial charge in [-0.05, 0) is 29.8 Å². The molecule has 0 aliphatic rings. The summed E-state index contributed by atoms with van der Waals surface area (Å²) in [6, 6.07) is 10.3. The molecule has 0 aromatic heterocycles. The second-order valence-electron chi connectivity index (χ2n) is 3.55. The van der Waals surface area contributed by atoms with Gasteiger partial charge in [-0.15, -0.1) is 12.6 Å². The van der Waals surface area contributed by atoms with Crippen molar-refractivity contribution in [2.24, 2.45) is 0 Å². The first-order chi connectivity index (χ1) is 7.58. The fourth-order valence-electron chi connectivity index (χ4n) is 1.55. The molecule has 0 aliphatic heterocycles. The minimum absolute atomic E-state index is 0.139. The highest BCUT2D eigenvalue weighted by Gasteiger charge is 2.07. The molecule has 5 N–H and O–H groups in total. The van der Waals surface area contributed by atoms with E-state index < -0.39 is 0 Å². The van der Waals surface area contributed by atoms with Gasteiger partial charge in [-0.3, -0.25) is 0 Å². The smallest absolute Gasteiger partial charge is 0.125 e. The molecule has 16 heavy (non-hydrogen) atoms. The molecular weight excluding hydrogens is 220 g/mol. The number of phenolic OH excluding ortho intramolecular Hbond substituents is 1. The van der Waals surface area contributed by atoms with E-state index in [1.165, 1.54) is 6.07 Å². The molecule has 0 saturated carbocycles. The number of nitrogens with two attached hydrogens (primary N) is 2. The number of thiol groups is 1. The van der Waals surface area contributed by atoms with Gasteiger partial charge in [0.1, 0.15) is 5.75 Å². The highest BCUT2D eigenvalue weighted by atomic mass is 32.1. The van der Waals surface area contributed by atoms with Crippen molar-refractivity contribution in [3.8, 4) is 16.9 Å². The van der Waals surface area contributed by atoms with Gasteiger partial charge in [-0.2, -0.15) is 0 Å². The Bertz CT molecular complexity index is 491. The normalized spacial score (nSPS) is 10.3. The number of rotatable bonds is 1. The Morgan fingerprint density at radius 3 is 2.00 bits per heavy atom. The van der Waals surface area contributed by atoms with E-state index in [0.717, 1.165) is 10.5 Å². The Hall–Kier alpha value is -1.81. The largest absolute Gasteiger partial charge is 0.507 e. The van der Waals surface area contributed by atoms with Gasteiger partial charge in [0.15, 0.2) is 0 Å². The van der Waals surface area contributed by atoms with E-state index in [1.54, 1.807) is 24.3 Å². The third kappa shape index (κ3) is 1.92. The van der Waals surface area contributed by atoms with E-state index in [4.69, 9.17) is 11.5 Å². The molecule has 0 aliphatic carbocycles. The van der Waals surface area contributed by atoms with E-state index >= 15 is 0 Å². The van der Waals surface area contributed by atoms with E-state index in [9.17, 15) is 5.11 Å². The van der Waals surface area contributed by atoms with E-state index in [2.05, 4.69) is 12.6 Å². The van der Waals surface area contributed by atoms with Crippen molar-refractivity contribution in [1.29, 1.82) is 0 Å². The van der Waals surface area contributed by atoms with Crippen LogP contribution in [0.1, 0.15) is 0 Å². The predicted octanol–water partition coefficient (Wildman–Crippen LogP) is 2.51. The van der Waals surface area contributed by atoms with E-state index in [0.29, 0.717) is 16.9 Å². The van der Waals surface area contributed by atoms with Gasteiger partial charge in [0.25, 0.3) is 0 Å². The fourth-order valence-corrected chi connectivity index (χ4v) is 1.90. The van der Waals surface area contributed by atoms with Crippen molar-refractivity contribution in [3.63, 3.8) is 0 Å². The van der Waals surface area contributed by atoms with Crippen molar-refractivity contribution in [3.05, 3.63) is 36.4 Å². The topological polar surface area (TPSA) is 72.3 Å². The molecule has 0 amide bonds. The molecule has 82 valence electrons. The number of phenols is 1. The third-order valence-electron chi connectivity index (χ3n) is 2.33. The summed E-state index contributed by atoms with van der Waals surface area (Å²) in [7, 11) is 0. The minimum Gasteiger partial charge on any atom is -0.507 e. The average molecular weight is 232 g/mol. The molecular formula is C12H12N2OS. The molecule has 0 heterocycles. The zero-order valence-electron chi connectivity index (χ0n) is 8.51. The summed E-state index contributed by atoms with van der Waals surface area (Å²) in [5.41, 5.74) is 13.9. The number of anilines is 2. The van der Waals surface area contributed by atoms with Crippen LogP contribution in [0.3, 0.4) is 0 Å². The Labute approximate surface area is 99.1 Å². The molecule has 0 spiro atoms. The molecule has 2 rings (SSSR count). The first-order valence-electron chi connectivity index (χ1n) is 4.75. The summed E-state index contributed by atoms with van der Waals surface area (Å²) in [6.45, 7) is 0. The van der Waals surface area contributed by atoms with Gasteiger partial charge < -0.3 is 16.6 Å².